The second kappa shape index (κ2) is 51.5. The highest BCUT2D eigenvalue weighted by molar-refractivity contribution is 5.76. The molecular formula is C56H109NO4. The molecule has 0 saturated heterocycles. The largest absolute Gasteiger partial charge is 0.394 e. The Balaban J connectivity index is 3.57. The van der Waals surface area contributed by atoms with Crippen molar-refractivity contribution >= 4 is 5.91 Å². The zero-order valence-electron chi connectivity index (χ0n) is 41.3. The molecule has 0 aromatic rings. The number of carbonyl (C=O) groups excluding carboxylic acids is 1. The van der Waals surface area contributed by atoms with Gasteiger partial charge in [-0.15, -0.1) is 0 Å². The predicted octanol–water partition coefficient (Wildman–Crippen LogP) is 16.9. The van der Waals surface area contributed by atoms with Crippen molar-refractivity contribution in [3.8, 4) is 0 Å². The summed E-state index contributed by atoms with van der Waals surface area (Å²) >= 11 is 0. The molecule has 362 valence electrons. The number of aliphatic hydroxyl groups is 3. The van der Waals surface area contributed by atoms with E-state index < -0.39 is 18.2 Å². The van der Waals surface area contributed by atoms with E-state index in [4.69, 9.17) is 0 Å². The third-order valence-electron chi connectivity index (χ3n) is 13.0. The van der Waals surface area contributed by atoms with E-state index >= 15 is 0 Å². The molecule has 0 rings (SSSR count). The molecule has 0 aromatic heterocycles. The summed E-state index contributed by atoms with van der Waals surface area (Å²) in [4.78, 5) is 12.5. The molecule has 0 spiro atoms. The average molecular weight is 860 g/mol. The molecule has 0 aliphatic rings. The van der Waals surface area contributed by atoms with Crippen LogP contribution in [0.5, 0.6) is 0 Å². The van der Waals surface area contributed by atoms with Crippen molar-refractivity contribution < 1.29 is 20.1 Å². The Labute approximate surface area is 382 Å². The fraction of sp³-hybridized carbons (Fsp3) is 0.911. The van der Waals surface area contributed by atoms with Gasteiger partial charge in [-0.25, -0.2) is 0 Å². The lowest BCUT2D eigenvalue weighted by Gasteiger charge is -2.26. The van der Waals surface area contributed by atoms with Gasteiger partial charge in [0, 0.05) is 6.42 Å². The first-order valence-electron chi connectivity index (χ1n) is 27.6. The summed E-state index contributed by atoms with van der Waals surface area (Å²) in [5, 5.41) is 33.7. The fourth-order valence-electron chi connectivity index (χ4n) is 8.77. The van der Waals surface area contributed by atoms with Crippen LogP contribution < -0.4 is 5.32 Å². The van der Waals surface area contributed by atoms with Gasteiger partial charge in [-0.3, -0.25) is 4.79 Å². The number of hydrogen-bond acceptors (Lipinski definition) is 4. The molecule has 3 atom stereocenters. The van der Waals surface area contributed by atoms with E-state index in [1.165, 1.54) is 231 Å². The zero-order chi connectivity index (χ0) is 44.4. The van der Waals surface area contributed by atoms with Gasteiger partial charge in [0.25, 0.3) is 0 Å². The van der Waals surface area contributed by atoms with E-state index in [0.717, 1.165) is 44.9 Å². The highest BCUT2D eigenvalue weighted by atomic mass is 16.3. The van der Waals surface area contributed by atoms with Crippen LogP contribution in [-0.2, 0) is 4.79 Å². The van der Waals surface area contributed by atoms with Crippen molar-refractivity contribution in [2.24, 2.45) is 0 Å². The van der Waals surface area contributed by atoms with E-state index in [1.807, 2.05) is 0 Å². The molecule has 0 aliphatic heterocycles. The molecule has 61 heavy (non-hydrogen) atoms. The number of rotatable bonds is 51. The maximum Gasteiger partial charge on any atom is 0.220 e. The van der Waals surface area contributed by atoms with Crippen LogP contribution in [0.4, 0.5) is 0 Å². The van der Waals surface area contributed by atoms with E-state index in [2.05, 4.69) is 43.5 Å². The smallest absolute Gasteiger partial charge is 0.220 e. The first kappa shape index (κ1) is 59.8. The number of unbranched alkanes of at least 4 members (excludes halogenated alkanes) is 39. The maximum absolute atomic E-state index is 12.5. The topological polar surface area (TPSA) is 89.8 Å². The minimum absolute atomic E-state index is 0.152. The standard InChI is InChI=1S/C56H109NO4/c1-3-5-7-9-11-13-15-17-19-21-23-25-27-28-29-31-33-35-37-39-41-43-45-47-49-51-55(60)57-53(52-58)56(61)54(59)50-48-46-44-42-40-38-36-34-32-30-26-24-22-20-18-16-14-12-10-8-6-4-2/h34,36,42,44,53-54,56,58-59,61H,3-33,35,37-41,43,45-52H2,1-2H3,(H,57,60)/b36-34+,44-42+. The van der Waals surface area contributed by atoms with Crippen molar-refractivity contribution in [3.63, 3.8) is 0 Å². The Hall–Kier alpha value is -1.17. The number of amides is 1. The van der Waals surface area contributed by atoms with Gasteiger partial charge in [-0.1, -0.05) is 269 Å². The normalized spacial score (nSPS) is 13.5. The third-order valence-corrected chi connectivity index (χ3v) is 13.0. The highest BCUT2D eigenvalue weighted by Crippen LogP contribution is 2.17. The molecule has 0 aromatic carbocycles. The van der Waals surface area contributed by atoms with Crippen molar-refractivity contribution in [2.45, 2.75) is 321 Å². The van der Waals surface area contributed by atoms with Crippen LogP contribution in [0.3, 0.4) is 0 Å². The lowest BCUT2D eigenvalue weighted by molar-refractivity contribution is -0.124. The molecule has 0 aliphatic carbocycles. The summed E-state index contributed by atoms with van der Waals surface area (Å²) in [7, 11) is 0. The van der Waals surface area contributed by atoms with E-state index in [1.54, 1.807) is 0 Å². The molecule has 3 unspecified atom stereocenters. The van der Waals surface area contributed by atoms with Gasteiger partial charge in [0.2, 0.25) is 5.91 Å². The molecule has 0 fully saturated rings. The number of hydrogen-bond donors (Lipinski definition) is 4. The molecule has 0 heterocycles. The molecular weight excluding hydrogens is 751 g/mol. The summed E-state index contributed by atoms with van der Waals surface area (Å²) in [5.41, 5.74) is 0. The van der Waals surface area contributed by atoms with Crippen LogP contribution in [0.1, 0.15) is 303 Å². The van der Waals surface area contributed by atoms with Crippen LogP contribution in [0.15, 0.2) is 24.3 Å². The van der Waals surface area contributed by atoms with Gasteiger partial charge in [-0.2, -0.15) is 0 Å². The summed E-state index contributed by atoms with van der Waals surface area (Å²) < 4.78 is 0. The molecule has 4 N–H and O–H groups in total. The number of carbonyl (C=O) groups is 1. The summed E-state index contributed by atoms with van der Waals surface area (Å²) in [5.74, 6) is -0.152. The van der Waals surface area contributed by atoms with Gasteiger partial charge in [0.15, 0.2) is 0 Å². The Morgan fingerprint density at radius 1 is 0.393 bits per heavy atom. The lowest BCUT2D eigenvalue weighted by Crippen LogP contribution is -2.50. The molecule has 5 heteroatoms. The lowest BCUT2D eigenvalue weighted by atomic mass is 10.0. The molecule has 0 bridgehead atoms. The summed E-state index contributed by atoms with van der Waals surface area (Å²) in [6, 6.07) is -0.830. The van der Waals surface area contributed by atoms with Crippen LogP contribution >= 0.6 is 0 Å². The van der Waals surface area contributed by atoms with E-state index in [-0.39, 0.29) is 12.5 Å². The Kier molecular flexibility index (Phi) is 50.5. The SMILES string of the molecule is CCCCCCCCCCCCCCC/C=C/CC/C=C/CCCC(O)C(O)C(CO)NC(=O)CCCCCCCCCCCCCCCCCCCCCCCCCCC. The predicted molar refractivity (Wildman–Crippen MR) is 268 cm³/mol. The van der Waals surface area contributed by atoms with Crippen molar-refractivity contribution in [3.05, 3.63) is 24.3 Å². The Bertz CT molecular complexity index is 905. The van der Waals surface area contributed by atoms with Crippen molar-refractivity contribution in [1.29, 1.82) is 0 Å². The van der Waals surface area contributed by atoms with Crippen LogP contribution in [0, 0.1) is 0 Å². The van der Waals surface area contributed by atoms with Gasteiger partial charge in [0.1, 0.15) is 6.10 Å². The molecule has 0 radical (unpaired) electrons. The minimum atomic E-state index is -1.16. The minimum Gasteiger partial charge on any atom is -0.394 e. The van der Waals surface area contributed by atoms with E-state index in [9.17, 15) is 20.1 Å². The second-order valence-electron chi connectivity index (χ2n) is 19.1. The Morgan fingerprint density at radius 2 is 0.672 bits per heavy atom. The summed E-state index contributed by atoms with van der Waals surface area (Å²) in [6.07, 6.45) is 64.7. The van der Waals surface area contributed by atoms with Gasteiger partial charge >= 0.3 is 0 Å². The number of allylic oxidation sites excluding steroid dienone is 4. The highest BCUT2D eigenvalue weighted by Gasteiger charge is 2.26. The van der Waals surface area contributed by atoms with Gasteiger partial charge in [-0.05, 0) is 51.4 Å². The van der Waals surface area contributed by atoms with Gasteiger partial charge in [0.05, 0.1) is 18.8 Å². The first-order valence-corrected chi connectivity index (χ1v) is 27.6. The molecule has 1 amide bonds. The van der Waals surface area contributed by atoms with Gasteiger partial charge < -0.3 is 20.6 Å². The molecule has 5 nitrogen and oxygen atoms in total. The zero-order valence-corrected chi connectivity index (χ0v) is 41.3. The Morgan fingerprint density at radius 3 is 1.00 bits per heavy atom. The number of aliphatic hydroxyl groups excluding tert-OH is 3. The third kappa shape index (κ3) is 46.6. The second-order valence-corrected chi connectivity index (χ2v) is 19.1. The van der Waals surface area contributed by atoms with E-state index in [0.29, 0.717) is 12.8 Å². The van der Waals surface area contributed by atoms with Crippen LogP contribution in [-0.4, -0.2) is 46.1 Å². The van der Waals surface area contributed by atoms with Crippen LogP contribution in [0.2, 0.25) is 0 Å². The quantitative estimate of drug-likeness (QED) is 0.0362. The number of nitrogens with one attached hydrogen (secondary N) is 1. The fourth-order valence-corrected chi connectivity index (χ4v) is 8.77. The van der Waals surface area contributed by atoms with Crippen LogP contribution in [0.25, 0.3) is 0 Å². The average Bonchev–Trinajstić information content (AvgIpc) is 3.26. The van der Waals surface area contributed by atoms with Crippen molar-refractivity contribution in [1.82, 2.24) is 5.32 Å². The molecule has 0 saturated carbocycles. The first-order chi connectivity index (χ1) is 30.1. The summed E-state index contributed by atoms with van der Waals surface area (Å²) in [6.45, 7) is 4.20. The van der Waals surface area contributed by atoms with Crippen molar-refractivity contribution in [2.75, 3.05) is 6.61 Å². The maximum atomic E-state index is 12.5. The monoisotopic (exact) mass is 860 g/mol.